The van der Waals surface area contributed by atoms with Gasteiger partial charge in [0, 0.05) is 5.92 Å². The maximum Gasteiger partial charge on any atom is 0.229 e. The van der Waals surface area contributed by atoms with Crippen LogP contribution in [0.3, 0.4) is 0 Å². The summed E-state index contributed by atoms with van der Waals surface area (Å²) in [6.07, 6.45) is 2.27. The molecule has 1 rings (SSSR count). The first kappa shape index (κ1) is 8.24. The zero-order chi connectivity index (χ0) is 8.27. The van der Waals surface area contributed by atoms with Gasteiger partial charge >= 0.3 is 0 Å². The van der Waals surface area contributed by atoms with Crippen molar-refractivity contribution in [2.45, 2.75) is 39.5 Å². The Morgan fingerprint density at radius 2 is 2.27 bits per heavy atom. The third-order valence-corrected chi connectivity index (χ3v) is 1.69. The van der Waals surface area contributed by atoms with Gasteiger partial charge in [-0.15, -0.1) is 0 Å². The molecule has 0 aliphatic heterocycles. The molecule has 0 aliphatic carbocycles. The fourth-order valence-corrected chi connectivity index (χ4v) is 1.07. The maximum atomic E-state index is 5.02. The SMILES string of the molecule is CCC[C@H](C)c1nc(C)no1. The monoisotopic (exact) mass is 154 g/mol. The average molecular weight is 154 g/mol. The summed E-state index contributed by atoms with van der Waals surface area (Å²) in [5.41, 5.74) is 0. The van der Waals surface area contributed by atoms with Gasteiger partial charge in [-0.2, -0.15) is 4.98 Å². The van der Waals surface area contributed by atoms with E-state index in [9.17, 15) is 0 Å². The Balaban J connectivity index is 2.60. The molecule has 0 spiro atoms. The molecule has 3 heteroatoms. The number of aryl methyl sites for hydroxylation is 1. The number of hydrogen-bond acceptors (Lipinski definition) is 3. The predicted molar refractivity (Wildman–Crippen MR) is 42.4 cm³/mol. The van der Waals surface area contributed by atoms with Gasteiger partial charge in [-0.3, -0.25) is 0 Å². The van der Waals surface area contributed by atoms with Crippen molar-refractivity contribution in [3.63, 3.8) is 0 Å². The Hall–Kier alpha value is -0.860. The molecule has 62 valence electrons. The minimum atomic E-state index is 0.404. The van der Waals surface area contributed by atoms with Crippen molar-refractivity contribution in [2.24, 2.45) is 0 Å². The van der Waals surface area contributed by atoms with Gasteiger partial charge in [-0.1, -0.05) is 25.4 Å². The molecule has 1 aromatic rings. The van der Waals surface area contributed by atoms with Crippen LogP contribution in [-0.4, -0.2) is 10.1 Å². The zero-order valence-electron chi connectivity index (χ0n) is 7.29. The molecule has 3 nitrogen and oxygen atoms in total. The second kappa shape index (κ2) is 3.51. The van der Waals surface area contributed by atoms with Gasteiger partial charge in [0.25, 0.3) is 0 Å². The highest BCUT2D eigenvalue weighted by Crippen LogP contribution is 2.17. The van der Waals surface area contributed by atoms with Crippen molar-refractivity contribution in [2.75, 3.05) is 0 Å². The van der Waals surface area contributed by atoms with Gasteiger partial charge in [-0.05, 0) is 13.3 Å². The molecule has 0 bridgehead atoms. The molecule has 1 atom stereocenters. The van der Waals surface area contributed by atoms with E-state index in [0.717, 1.165) is 24.6 Å². The maximum absolute atomic E-state index is 5.02. The summed E-state index contributed by atoms with van der Waals surface area (Å²) >= 11 is 0. The molecule has 0 saturated carbocycles. The Morgan fingerprint density at radius 3 is 2.73 bits per heavy atom. The second-order valence-corrected chi connectivity index (χ2v) is 2.87. The average Bonchev–Trinajstić information content (AvgIpc) is 2.36. The quantitative estimate of drug-likeness (QED) is 0.670. The highest BCUT2D eigenvalue weighted by molar-refractivity contribution is 4.89. The molecule has 0 aromatic carbocycles. The lowest BCUT2D eigenvalue weighted by molar-refractivity contribution is 0.350. The summed E-state index contributed by atoms with van der Waals surface area (Å²) in [4.78, 5) is 4.15. The van der Waals surface area contributed by atoms with Gasteiger partial charge in [-0.25, -0.2) is 0 Å². The summed E-state index contributed by atoms with van der Waals surface area (Å²) in [5.74, 6) is 1.90. The van der Waals surface area contributed by atoms with Crippen LogP contribution in [0.4, 0.5) is 0 Å². The van der Waals surface area contributed by atoms with Crippen LogP contribution >= 0.6 is 0 Å². The molecule has 0 fully saturated rings. The smallest absolute Gasteiger partial charge is 0.229 e. The molecule has 11 heavy (non-hydrogen) atoms. The van der Waals surface area contributed by atoms with Crippen molar-refractivity contribution in [1.82, 2.24) is 10.1 Å². The van der Waals surface area contributed by atoms with E-state index in [1.807, 2.05) is 6.92 Å². The highest BCUT2D eigenvalue weighted by Gasteiger charge is 2.10. The van der Waals surface area contributed by atoms with Crippen LogP contribution in [0, 0.1) is 6.92 Å². The fourth-order valence-electron chi connectivity index (χ4n) is 1.07. The predicted octanol–water partition coefficient (Wildman–Crippen LogP) is 2.28. The normalized spacial score (nSPS) is 13.4. The summed E-state index contributed by atoms with van der Waals surface area (Å²) < 4.78 is 5.02. The lowest BCUT2D eigenvalue weighted by Crippen LogP contribution is -1.92. The van der Waals surface area contributed by atoms with Gasteiger partial charge in [0.1, 0.15) is 0 Å². The molecule has 0 radical (unpaired) electrons. The highest BCUT2D eigenvalue weighted by atomic mass is 16.5. The molecule has 0 amide bonds. The molecule has 1 aromatic heterocycles. The lowest BCUT2D eigenvalue weighted by Gasteiger charge is -2.01. The van der Waals surface area contributed by atoms with E-state index in [-0.39, 0.29) is 0 Å². The molecular weight excluding hydrogens is 140 g/mol. The third-order valence-electron chi connectivity index (χ3n) is 1.69. The van der Waals surface area contributed by atoms with E-state index in [1.165, 1.54) is 0 Å². The van der Waals surface area contributed by atoms with Crippen LogP contribution in [0.25, 0.3) is 0 Å². The Bertz CT molecular complexity index is 220. The Labute approximate surface area is 66.8 Å². The summed E-state index contributed by atoms with van der Waals surface area (Å²) in [7, 11) is 0. The molecule has 0 aliphatic rings. The van der Waals surface area contributed by atoms with E-state index in [0.29, 0.717) is 5.92 Å². The second-order valence-electron chi connectivity index (χ2n) is 2.87. The number of rotatable bonds is 3. The molecule has 1 heterocycles. The standard InChI is InChI=1S/C8H14N2O/c1-4-5-6(2)8-9-7(3)10-11-8/h6H,4-5H2,1-3H3/t6-/m0/s1. The minimum Gasteiger partial charge on any atom is -0.339 e. The van der Waals surface area contributed by atoms with Crippen LogP contribution in [-0.2, 0) is 0 Å². The van der Waals surface area contributed by atoms with E-state index in [2.05, 4.69) is 24.0 Å². The van der Waals surface area contributed by atoms with Crippen molar-refractivity contribution in [3.8, 4) is 0 Å². The van der Waals surface area contributed by atoms with Crippen molar-refractivity contribution < 1.29 is 4.52 Å². The van der Waals surface area contributed by atoms with E-state index in [4.69, 9.17) is 4.52 Å². The van der Waals surface area contributed by atoms with E-state index >= 15 is 0 Å². The van der Waals surface area contributed by atoms with Crippen LogP contribution in [0.2, 0.25) is 0 Å². The van der Waals surface area contributed by atoms with Gasteiger partial charge in [0.2, 0.25) is 5.89 Å². The summed E-state index contributed by atoms with van der Waals surface area (Å²) in [6.45, 7) is 6.10. The summed E-state index contributed by atoms with van der Waals surface area (Å²) in [5, 5.41) is 3.73. The van der Waals surface area contributed by atoms with Crippen LogP contribution < -0.4 is 0 Å². The minimum absolute atomic E-state index is 0.404. The van der Waals surface area contributed by atoms with Crippen LogP contribution in [0.5, 0.6) is 0 Å². The van der Waals surface area contributed by atoms with Crippen molar-refractivity contribution >= 4 is 0 Å². The molecular formula is C8H14N2O. The van der Waals surface area contributed by atoms with Gasteiger partial charge in [0.15, 0.2) is 5.82 Å². The number of aromatic nitrogens is 2. The van der Waals surface area contributed by atoms with E-state index < -0.39 is 0 Å². The third kappa shape index (κ3) is 2.03. The first-order valence-corrected chi connectivity index (χ1v) is 4.04. The number of nitrogens with zero attached hydrogens (tertiary/aromatic N) is 2. The molecule has 0 N–H and O–H groups in total. The van der Waals surface area contributed by atoms with Crippen molar-refractivity contribution in [3.05, 3.63) is 11.7 Å². The van der Waals surface area contributed by atoms with Crippen LogP contribution in [0.15, 0.2) is 4.52 Å². The lowest BCUT2D eigenvalue weighted by atomic mass is 10.1. The van der Waals surface area contributed by atoms with Gasteiger partial charge in [0.05, 0.1) is 0 Å². The van der Waals surface area contributed by atoms with Gasteiger partial charge < -0.3 is 4.52 Å². The Morgan fingerprint density at radius 1 is 1.55 bits per heavy atom. The van der Waals surface area contributed by atoms with E-state index in [1.54, 1.807) is 0 Å². The first-order valence-electron chi connectivity index (χ1n) is 4.04. The molecule has 0 unspecified atom stereocenters. The summed E-state index contributed by atoms with van der Waals surface area (Å²) in [6, 6.07) is 0. The largest absolute Gasteiger partial charge is 0.339 e. The topological polar surface area (TPSA) is 38.9 Å². The fraction of sp³-hybridized carbons (Fsp3) is 0.750. The van der Waals surface area contributed by atoms with Crippen molar-refractivity contribution in [1.29, 1.82) is 0 Å². The van der Waals surface area contributed by atoms with Crippen LogP contribution in [0.1, 0.15) is 44.3 Å². The first-order chi connectivity index (χ1) is 5.24. The Kier molecular flexibility index (Phi) is 2.63. The number of hydrogen-bond donors (Lipinski definition) is 0. The molecule has 0 saturated heterocycles. The zero-order valence-corrected chi connectivity index (χ0v) is 7.29.